The van der Waals surface area contributed by atoms with E-state index in [1.807, 2.05) is 24.3 Å². The van der Waals surface area contributed by atoms with E-state index in [1.165, 1.54) is 22.5 Å². The molecular formula is C20H19N3O3S. The molecule has 2 heterocycles. The molecule has 0 atom stereocenters. The number of carbonyl (C=O) groups is 1. The fraction of sp³-hybridized carbons (Fsp3) is 0.200. The minimum absolute atomic E-state index is 0.211. The van der Waals surface area contributed by atoms with Gasteiger partial charge in [-0.2, -0.15) is 0 Å². The number of fused-ring (bicyclic) bond motifs is 1. The van der Waals surface area contributed by atoms with Gasteiger partial charge in [0.1, 0.15) is 5.69 Å². The summed E-state index contributed by atoms with van der Waals surface area (Å²) in [5, 5.41) is 8.56. The molecule has 1 amide bonds. The van der Waals surface area contributed by atoms with Crippen molar-refractivity contribution in [3.63, 3.8) is 0 Å². The summed E-state index contributed by atoms with van der Waals surface area (Å²) in [5.41, 5.74) is 4.74. The molecular weight excluding hydrogens is 362 g/mol. The van der Waals surface area contributed by atoms with Crippen LogP contribution in [0.3, 0.4) is 0 Å². The third-order valence-corrected chi connectivity index (χ3v) is 5.14. The first-order chi connectivity index (χ1) is 13.1. The molecule has 7 heteroatoms. The number of nitrogens with zero attached hydrogens (tertiary/aromatic N) is 1. The van der Waals surface area contributed by atoms with Crippen LogP contribution in [0, 0.1) is 13.8 Å². The maximum atomic E-state index is 12.4. The van der Waals surface area contributed by atoms with Crippen LogP contribution in [0.5, 0.6) is 11.5 Å². The van der Waals surface area contributed by atoms with Gasteiger partial charge in [-0.15, -0.1) is 11.3 Å². The van der Waals surface area contributed by atoms with Crippen LogP contribution in [0.4, 0.5) is 10.8 Å². The number of hydrogen-bond acceptors (Lipinski definition) is 6. The Morgan fingerprint density at radius 3 is 2.81 bits per heavy atom. The summed E-state index contributed by atoms with van der Waals surface area (Å²) < 4.78 is 10.6. The summed E-state index contributed by atoms with van der Waals surface area (Å²) in [6.07, 6.45) is 0. The van der Waals surface area contributed by atoms with Crippen LogP contribution in [-0.2, 0) is 6.54 Å². The molecule has 0 spiro atoms. The number of aromatic nitrogens is 1. The molecule has 4 rings (SSSR count). The fourth-order valence-corrected chi connectivity index (χ4v) is 3.41. The van der Waals surface area contributed by atoms with Gasteiger partial charge in [0.15, 0.2) is 16.6 Å². The molecule has 27 heavy (non-hydrogen) atoms. The number of thiazole rings is 1. The van der Waals surface area contributed by atoms with Crippen LogP contribution in [0.1, 0.15) is 27.2 Å². The average Bonchev–Trinajstić information content (AvgIpc) is 3.31. The van der Waals surface area contributed by atoms with Gasteiger partial charge in [0.25, 0.3) is 5.91 Å². The summed E-state index contributed by atoms with van der Waals surface area (Å²) in [6.45, 7) is 4.77. The van der Waals surface area contributed by atoms with E-state index in [-0.39, 0.29) is 12.7 Å². The maximum Gasteiger partial charge on any atom is 0.271 e. The molecule has 3 aromatic rings. The molecule has 138 valence electrons. The summed E-state index contributed by atoms with van der Waals surface area (Å²) in [4.78, 5) is 16.7. The molecule has 1 aliphatic heterocycles. The van der Waals surface area contributed by atoms with E-state index in [2.05, 4.69) is 41.6 Å². The fourth-order valence-electron chi connectivity index (χ4n) is 2.70. The number of hydrogen-bond donors (Lipinski definition) is 2. The van der Waals surface area contributed by atoms with Crippen molar-refractivity contribution in [2.75, 3.05) is 12.1 Å². The van der Waals surface area contributed by atoms with Crippen molar-refractivity contribution < 1.29 is 14.3 Å². The van der Waals surface area contributed by atoms with Crippen LogP contribution in [0.2, 0.25) is 0 Å². The molecule has 2 N–H and O–H groups in total. The van der Waals surface area contributed by atoms with Crippen molar-refractivity contribution in [3.05, 3.63) is 64.2 Å². The standard InChI is InChI=1S/C20H19N3O3S/c1-12-3-5-15(7-13(12)2)22-20-23-16(10-27-20)19(24)21-9-14-4-6-17-18(8-14)26-11-25-17/h3-8,10H,9,11H2,1-2H3,(H,21,24)(H,22,23). The first-order valence-corrected chi connectivity index (χ1v) is 9.43. The molecule has 0 fully saturated rings. The molecule has 1 aliphatic rings. The first-order valence-electron chi connectivity index (χ1n) is 8.55. The molecule has 0 radical (unpaired) electrons. The monoisotopic (exact) mass is 381 g/mol. The van der Waals surface area contributed by atoms with E-state index in [0.717, 1.165) is 17.0 Å². The third kappa shape index (κ3) is 3.88. The Kier molecular flexibility index (Phi) is 4.68. The van der Waals surface area contributed by atoms with Gasteiger partial charge in [-0.05, 0) is 54.8 Å². The van der Waals surface area contributed by atoms with E-state index < -0.39 is 0 Å². The van der Waals surface area contributed by atoms with E-state index in [1.54, 1.807) is 5.38 Å². The third-order valence-electron chi connectivity index (χ3n) is 4.39. The molecule has 0 saturated carbocycles. The summed E-state index contributed by atoms with van der Waals surface area (Å²) in [6, 6.07) is 11.7. The smallest absolute Gasteiger partial charge is 0.271 e. The molecule has 1 aromatic heterocycles. The van der Waals surface area contributed by atoms with Crippen LogP contribution in [0.25, 0.3) is 0 Å². The van der Waals surface area contributed by atoms with Gasteiger partial charge in [0.2, 0.25) is 6.79 Å². The van der Waals surface area contributed by atoms with Gasteiger partial charge in [0.05, 0.1) is 0 Å². The number of carbonyl (C=O) groups excluding carboxylic acids is 1. The predicted molar refractivity (Wildman–Crippen MR) is 105 cm³/mol. The van der Waals surface area contributed by atoms with Crippen molar-refractivity contribution in [2.45, 2.75) is 20.4 Å². The number of ether oxygens (including phenoxy) is 2. The average molecular weight is 381 g/mol. The Balaban J connectivity index is 1.37. The van der Waals surface area contributed by atoms with Crippen LogP contribution in [0.15, 0.2) is 41.8 Å². The van der Waals surface area contributed by atoms with E-state index in [4.69, 9.17) is 9.47 Å². The Hall–Kier alpha value is -3.06. The highest BCUT2D eigenvalue weighted by Crippen LogP contribution is 2.32. The van der Waals surface area contributed by atoms with E-state index in [9.17, 15) is 4.79 Å². The second-order valence-electron chi connectivity index (χ2n) is 6.33. The highest BCUT2D eigenvalue weighted by molar-refractivity contribution is 7.14. The second kappa shape index (κ2) is 7.28. The Labute approximate surface area is 161 Å². The van der Waals surface area contributed by atoms with Gasteiger partial charge < -0.3 is 20.1 Å². The highest BCUT2D eigenvalue weighted by Gasteiger charge is 2.15. The first kappa shape index (κ1) is 17.4. The SMILES string of the molecule is Cc1ccc(Nc2nc(C(=O)NCc3ccc4c(c3)OCO4)cs2)cc1C. The van der Waals surface area contributed by atoms with Gasteiger partial charge >= 0.3 is 0 Å². The van der Waals surface area contributed by atoms with E-state index >= 15 is 0 Å². The predicted octanol–water partition coefficient (Wildman–Crippen LogP) is 4.16. The zero-order valence-electron chi connectivity index (χ0n) is 15.0. The number of amides is 1. The minimum Gasteiger partial charge on any atom is -0.454 e. The lowest BCUT2D eigenvalue weighted by Crippen LogP contribution is -2.23. The number of benzene rings is 2. The van der Waals surface area contributed by atoms with Crippen molar-refractivity contribution in [3.8, 4) is 11.5 Å². The topological polar surface area (TPSA) is 72.5 Å². The van der Waals surface area contributed by atoms with Gasteiger partial charge in [-0.25, -0.2) is 4.98 Å². The zero-order valence-corrected chi connectivity index (χ0v) is 15.9. The molecule has 0 saturated heterocycles. The normalized spacial score (nSPS) is 12.1. The van der Waals surface area contributed by atoms with Crippen molar-refractivity contribution in [1.29, 1.82) is 0 Å². The van der Waals surface area contributed by atoms with Crippen LogP contribution >= 0.6 is 11.3 Å². The molecule has 0 bridgehead atoms. The molecule has 0 unspecified atom stereocenters. The van der Waals surface area contributed by atoms with Crippen molar-refractivity contribution >= 4 is 28.1 Å². The number of nitrogens with one attached hydrogen (secondary N) is 2. The summed E-state index contributed by atoms with van der Waals surface area (Å²) >= 11 is 1.40. The highest BCUT2D eigenvalue weighted by atomic mass is 32.1. The van der Waals surface area contributed by atoms with Crippen LogP contribution < -0.4 is 20.1 Å². The Morgan fingerprint density at radius 2 is 1.96 bits per heavy atom. The lowest BCUT2D eigenvalue weighted by molar-refractivity contribution is 0.0946. The van der Waals surface area contributed by atoms with Gasteiger partial charge in [-0.1, -0.05) is 12.1 Å². The van der Waals surface area contributed by atoms with Crippen molar-refractivity contribution in [2.24, 2.45) is 0 Å². The number of aryl methyl sites for hydroxylation is 2. The Morgan fingerprint density at radius 1 is 1.11 bits per heavy atom. The van der Waals surface area contributed by atoms with Gasteiger partial charge in [0, 0.05) is 17.6 Å². The Bertz CT molecular complexity index is 1000. The number of anilines is 2. The van der Waals surface area contributed by atoms with Crippen molar-refractivity contribution in [1.82, 2.24) is 10.3 Å². The van der Waals surface area contributed by atoms with E-state index in [0.29, 0.717) is 23.1 Å². The molecule has 6 nitrogen and oxygen atoms in total. The zero-order chi connectivity index (χ0) is 18.8. The largest absolute Gasteiger partial charge is 0.454 e. The lowest BCUT2D eigenvalue weighted by Gasteiger charge is -2.06. The van der Waals surface area contributed by atoms with Gasteiger partial charge in [-0.3, -0.25) is 4.79 Å². The number of rotatable bonds is 5. The summed E-state index contributed by atoms with van der Waals surface area (Å²) in [5.74, 6) is 1.22. The molecule has 2 aromatic carbocycles. The quantitative estimate of drug-likeness (QED) is 0.694. The maximum absolute atomic E-state index is 12.4. The second-order valence-corrected chi connectivity index (χ2v) is 7.19. The molecule has 0 aliphatic carbocycles. The minimum atomic E-state index is -0.211. The lowest BCUT2D eigenvalue weighted by atomic mass is 10.1. The summed E-state index contributed by atoms with van der Waals surface area (Å²) in [7, 11) is 0. The van der Waals surface area contributed by atoms with Crippen LogP contribution in [-0.4, -0.2) is 17.7 Å².